The third kappa shape index (κ3) is 6.23. The van der Waals surface area contributed by atoms with Crippen LogP contribution in [0.25, 0.3) is 0 Å². The Hall–Kier alpha value is -2.18. The molecule has 0 rings (SSSR count). The molecule has 0 unspecified atom stereocenters. The first-order valence-corrected chi connectivity index (χ1v) is 2.87. The summed E-state index contributed by atoms with van der Waals surface area (Å²) in [6.45, 7) is 0. The molecule has 0 saturated heterocycles. The Bertz CT molecular complexity index is 247. The van der Waals surface area contributed by atoms with E-state index in [0.29, 0.717) is 0 Å². The molecule has 0 aromatic rings. The maximum Gasteiger partial charge on any atom is 0.335 e. The molecule has 0 fully saturated rings. The smallest absolute Gasteiger partial charge is 0.335 e. The highest BCUT2D eigenvalue weighted by Gasteiger charge is 2.03. The van der Waals surface area contributed by atoms with Crippen LogP contribution >= 0.6 is 0 Å². The molecular weight excluding hydrogens is 184 g/mol. The van der Waals surface area contributed by atoms with Crippen molar-refractivity contribution in [3.63, 3.8) is 0 Å². The summed E-state index contributed by atoms with van der Waals surface area (Å²) < 4.78 is 3.94. The van der Waals surface area contributed by atoms with Crippen molar-refractivity contribution < 1.29 is 34.8 Å². The van der Waals surface area contributed by atoms with E-state index in [4.69, 9.17) is 20.4 Å². The Morgan fingerprint density at radius 3 is 1.38 bits per heavy atom. The van der Waals surface area contributed by atoms with Gasteiger partial charge < -0.3 is 25.2 Å². The number of carbonyl (C=O) groups is 2. The topological polar surface area (TPSA) is 124 Å². The van der Waals surface area contributed by atoms with Gasteiger partial charge in [-0.3, -0.25) is 0 Å². The first kappa shape index (κ1) is 10.8. The van der Waals surface area contributed by atoms with E-state index >= 15 is 0 Å². The predicted octanol–water partition coefficient (Wildman–Crippen LogP) is -0.0290. The Morgan fingerprint density at radius 2 is 1.15 bits per heavy atom. The second-order valence-electron chi connectivity index (χ2n) is 1.74. The maximum atomic E-state index is 9.88. The summed E-state index contributed by atoms with van der Waals surface area (Å²) in [5.74, 6) is -5.24. The standard InChI is InChI=1S/C6H6O7/c7-3(8)1-5(11)13-6(12)2-4(9)10/h1-2,11-12H,(H,7,8)(H,9,10). The number of hydrogen-bond donors (Lipinski definition) is 4. The quantitative estimate of drug-likeness (QED) is 0.362. The third-order valence-corrected chi connectivity index (χ3v) is 0.703. The van der Waals surface area contributed by atoms with Crippen molar-refractivity contribution in [2.24, 2.45) is 0 Å². The fourth-order valence-corrected chi connectivity index (χ4v) is 0.377. The van der Waals surface area contributed by atoms with Gasteiger partial charge >= 0.3 is 11.9 Å². The van der Waals surface area contributed by atoms with Gasteiger partial charge in [0.2, 0.25) is 0 Å². The van der Waals surface area contributed by atoms with Gasteiger partial charge in [0.25, 0.3) is 11.9 Å². The normalized spacial score (nSPS) is 12.3. The van der Waals surface area contributed by atoms with E-state index in [1.54, 1.807) is 0 Å². The molecule has 13 heavy (non-hydrogen) atoms. The summed E-state index contributed by atoms with van der Waals surface area (Å²) in [4.78, 5) is 19.8. The first-order valence-electron chi connectivity index (χ1n) is 2.87. The van der Waals surface area contributed by atoms with Crippen molar-refractivity contribution in [1.82, 2.24) is 0 Å². The number of carboxylic acid groups (broad SMARTS) is 2. The van der Waals surface area contributed by atoms with Gasteiger partial charge in [-0.1, -0.05) is 0 Å². The monoisotopic (exact) mass is 190 g/mol. The molecule has 0 amide bonds. The van der Waals surface area contributed by atoms with Crippen molar-refractivity contribution >= 4 is 11.9 Å². The first-order chi connectivity index (χ1) is 5.91. The van der Waals surface area contributed by atoms with Gasteiger partial charge in [0.1, 0.15) is 12.2 Å². The molecule has 0 radical (unpaired) electrons. The third-order valence-electron chi connectivity index (χ3n) is 0.703. The largest absolute Gasteiger partial charge is 0.480 e. The lowest BCUT2D eigenvalue weighted by Crippen LogP contribution is -1.99. The van der Waals surface area contributed by atoms with Crippen LogP contribution in [0.3, 0.4) is 0 Å². The number of aliphatic carboxylic acids is 2. The lowest BCUT2D eigenvalue weighted by atomic mass is 10.6. The Balaban J connectivity index is 4.29. The molecule has 4 N–H and O–H groups in total. The van der Waals surface area contributed by atoms with Crippen LogP contribution < -0.4 is 0 Å². The van der Waals surface area contributed by atoms with Crippen LogP contribution in [-0.4, -0.2) is 32.4 Å². The summed E-state index contributed by atoms with van der Waals surface area (Å²) in [6.07, 6.45) is 0.484. The van der Waals surface area contributed by atoms with Crippen LogP contribution in [0.2, 0.25) is 0 Å². The van der Waals surface area contributed by atoms with Gasteiger partial charge in [-0.25, -0.2) is 9.59 Å². The average molecular weight is 190 g/mol. The van der Waals surface area contributed by atoms with Crippen LogP contribution in [0.4, 0.5) is 0 Å². The van der Waals surface area contributed by atoms with Crippen LogP contribution in [-0.2, 0) is 14.3 Å². The molecule has 72 valence electrons. The van der Waals surface area contributed by atoms with E-state index in [-0.39, 0.29) is 12.2 Å². The highest BCUT2D eigenvalue weighted by Crippen LogP contribution is 1.99. The molecule has 0 bridgehead atoms. The van der Waals surface area contributed by atoms with Crippen molar-refractivity contribution in [2.75, 3.05) is 0 Å². The molecule has 0 aromatic heterocycles. The van der Waals surface area contributed by atoms with Gasteiger partial charge in [-0.2, -0.15) is 0 Å². The van der Waals surface area contributed by atoms with E-state index in [1.165, 1.54) is 0 Å². The van der Waals surface area contributed by atoms with Gasteiger partial charge in [-0.15, -0.1) is 0 Å². The van der Waals surface area contributed by atoms with Crippen LogP contribution in [0, 0.1) is 0 Å². The fraction of sp³-hybridized carbons (Fsp3) is 0. The Labute approximate surface area is 71.8 Å². The molecule has 7 nitrogen and oxygen atoms in total. The van der Waals surface area contributed by atoms with E-state index in [9.17, 15) is 9.59 Å². The predicted molar refractivity (Wildman–Crippen MR) is 37.8 cm³/mol. The second kappa shape index (κ2) is 4.65. The van der Waals surface area contributed by atoms with E-state index in [1.807, 2.05) is 0 Å². The number of carboxylic acids is 2. The summed E-state index contributed by atoms with van der Waals surface area (Å²) in [5, 5.41) is 33.2. The molecule has 0 aliphatic carbocycles. The molecule has 7 heteroatoms. The highest BCUT2D eigenvalue weighted by molar-refractivity contribution is 5.80. The van der Waals surface area contributed by atoms with E-state index in [2.05, 4.69) is 4.74 Å². The number of ether oxygens (including phenoxy) is 1. The van der Waals surface area contributed by atoms with Gasteiger partial charge in [0, 0.05) is 0 Å². The summed E-state index contributed by atoms with van der Waals surface area (Å²) in [7, 11) is 0. The molecule has 0 spiro atoms. The average Bonchev–Trinajstić information content (AvgIpc) is 1.80. The van der Waals surface area contributed by atoms with Crippen molar-refractivity contribution in [3.05, 3.63) is 24.0 Å². The molecule has 0 saturated carbocycles. The summed E-state index contributed by atoms with van der Waals surface area (Å²) in [5.41, 5.74) is 0. The molecule has 0 aromatic carbocycles. The van der Waals surface area contributed by atoms with Crippen LogP contribution in [0.5, 0.6) is 0 Å². The molecule has 0 aliphatic heterocycles. The number of aliphatic hydroxyl groups is 2. The molecule has 0 heterocycles. The van der Waals surface area contributed by atoms with Crippen molar-refractivity contribution in [1.29, 1.82) is 0 Å². The fourth-order valence-electron chi connectivity index (χ4n) is 0.377. The van der Waals surface area contributed by atoms with Crippen molar-refractivity contribution in [3.8, 4) is 0 Å². The van der Waals surface area contributed by atoms with E-state index in [0.717, 1.165) is 0 Å². The highest BCUT2D eigenvalue weighted by atomic mass is 16.7. The zero-order chi connectivity index (χ0) is 10.4. The van der Waals surface area contributed by atoms with Gasteiger partial charge in [-0.05, 0) is 0 Å². The Morgan fingerprint density at radius 1 is 0.846 bits per heavy atom. The van der Waals surface area contributed by atoms with Gasteiger partial charge in [0.05, 0.1) is 0 Å². The minimum Gasteiger partial charge on any atom is -0.480 e. The summed E-state index contributed by atoms with van der Waals surface area (Å²) >= 11 is 0. The zero-order valence-corrected chi connectivity index (χ0v) is 6.17. The summed E-state index contributed by atoms with van der Waals surface area (Å²) in [6, 6.07) is 0. The lowest BCUT2D eigenvalue weighted by molar-refractivity contribution is -0.132. The molecular formula is C6H6O7. The minimum atomic E-state index is -1.50. The maximum absolute atomic E-state index is 9.88. The SMILES string of the molecule is O=C(O)C=C(O)OC(O)=CC(=O)O. The molecule has 0 aliphatic rings. The van der Waals surface area contributed by atoms with E-state index < -0.39 is 23.8 Å². The van der Waals surface area contributed by atoms with Gasteiger partial charge in [0.15, 0.2) is 0 Å². The molecule has 0 atom stereocenters. The number of aliphatic hydroxyl groups excluding tert-OH is 2. The number of hydrogen-bond acceptors (Lipinski definition) is 5. The Kier molecular flexibility index (Phi) is 3.87. The van der Waals surface area contributed by atoms with Crippen LogP contribution in [0.1, 0.15) is 0 Å². The van der Waals surface area contributed by atoms with Crippen LogP contribution in [0.15, 0.2) is 24.0 Å². The minimum absolute atomic E-state index is 0.242. The lowest BCUT2D eigenvalue weighted by Gasteiger charge is -1.99. The number of rotatable bonds is 4. The second-order valence-corrected chi connectivity index (χ2v) is 1.74. The zero-order valence-electron chi connectivity index (χ0n) is 6.17. The van der Waals surface area contributed by atoms with Crippen molar-refractivity contribution in [2.45, 2.75) is 0 Å².